The van der Waals surface area contributed by atoms with Gasteiger partial charge in [0.2, 0.25) is 0 Å². The summed E-state index contributed by atoms with van der Waals surface area (Å²) >= 11 is 0. The topological polar surface area (TPSA) is 110 Å². The van der Waals surface area contributed by atoms with E-state index in [9.17, 15) is 22.6 Å². The number of carbonyl (C=O) groups is 2. The molecule has 7 nitrogen and oxygen atoms in total. The predicted octanol–water partition coefficient (Wildman–Crippen LogP) is 7.64. The third-order valence-electron chi connectivity index (χ3n) is 8.00. The summed E-state index contributed by atoms with van der Waals surface area (Å²) in [6, 6.07) is 3.08. The van der Waals surface area contributed by atoms with Crippen LogP contribution < -0.4 is 51.4 Å². The van der Waals surface area contributed by atoms with E-state index in [1.54, 1.807) is 0 Å². The second kappa shape index (κ2) is 31.2. The molecule has 0 unspecified atom stereocenters. The summed E-state index contributed by atoms with van der Waals surface area (Å²) in [6.07, 6.45) is 33.7. The quantitative estimate of drug-likeness (QED) is 0.0278. The molecule has 0 saturated heterocycles. The molecular weight excluding hydrogens is 640 g/mol. The zero-order chi connectivity index (χ0) is 33.7. The summed E-state index contributed by atoms with van der Waals surface area (Å²) in [6.45, 7) is 4.78. The van der Waals surface area contributed by atoms with Gasteiger partial charge in [0, 0.05) is 0 Å². The number of hydrogen-bond donors (Lipinski definition) is 0. The van der Waals surface area contributed by atoms with Gasteiger partial charge in [0.25, 0.3) is 0 Å². The van der Waals surface area contributed by atoms with Crippen molar-refractivity contribution in [3.05, 3.63) is 53.6 Å². The molecule has 0 saturated carbocycles. The third kappa shape index (κ3) is 24.9. The number of rotatable bonds is 29. The van der Waals surface area contributed by atoms with Gasteiger partial charge in [-0.1, -0.05) is 102 Å². The van der Waals surface area contributed by atoms with Crippen LogP contribution in [0.3, 0.4) is 0 Å². The first-order valence-corrected chi connectivity index (χ1v) is 19.5. The van der Waals surface area contributed by atoms with Gasteiger partial charge in [-0.25, -0.2) is 18.0 Å². The van der Waals surface area contributed by atoms with Gasteiger partial charge < -0.3 is 14.0 Å². The molecule has 0 aromatic heterocycles. The van der Waals surface area contributed by atoms with Crippen molar-refractivity contribution in [2.75, 3.05) is 13.2 Å². The van der Waals surface area contributed by atoms with E-state index in [1.807, 2.05) is 0 Å². The molecule has 1 rings (SSSR count). The molecule has 0 bridgehead atoms. The van der Waals surface area contributed by atoms with Crippen molar-refractivity contribution in [3.63, 3.8) is 0 Å². The van der Waals surface area contributed by atoms with Crippen molar-refractivity contribution in [2.24, 2.45) is 0 Å². The number of carbonyl (C=O) groups excluding carboxylic acids is 2. The largest absolute Gasteiger partial charge is 1.00 e. The van der Waals surface area contributed by atoms with E-state index in [0.29, 0.717) is 12.8 Å². The van der Waals surface area contributed by atoms with E-state index in [4.69, 9.17) is 9.47 Å². The fourth-order valence-electron chi connectivity index (χ4n) is 5.15. The summed E-state index contributed by atoms with van der Waals surface area (Å²) in [4.78, 5) is 25.0. The Bertz CT molecular complexity index is 1120. The van der Waals surface area contributed by atoms with E-state index in [0.717, 1.165) is 69.6 Å². The Labute approximate surface area is 329 Å². The van der Waals surface area contributed by atoms with Gasteiger partial charge in [0.1, 0.15) is 10.1 Å². The fraction of sp³-hybridized carbons (Fsp3) is 0.684. The second-order valence-electron chi connectivity index (χ2n) is 12.2. The summed E-state index contributed by atoms with van der Waals surface area (Å²) in [5.41, 5.74) is -0.374. The number of hydrogen-bond acceptors (Lipinski definition) is 7. The van der Waals surface area contributed by atoms with Gasteiger partial charge in [0.15, 0.2) is 0 Å². The van der Waals surface area contributed by atoms with Crippen molar-refractivity contribution in [1.82, 2.24) is 0 Å². The van der Waals surface area contributed by atoms with E-state index >= 15 is 0 Å². The minimum absolute atomic E-state index is 0. The number of benzene rings is 1. The van der Waals surface area contributed by atoms with Crippen molar-refractivity contribution in [1.29, 1.82) is 0 Å². The van der Waals surface area contributed by atoms with Crippen molar-refractivity contribution < 1.29 is 83.4 Å². The zero-order valence-electron chi connectivity index (χ0n) is 29.8. The summed E-state index contributed by atoms with van der Waals surface area (Å²) in [7, 11) is -4.82. The van der Waals surface area contributed by atoms with Gasteiger partial charge >= 0.3 is 63.3 Å². The number of esters is 2. The van der Waals surface area contributed by atoms with Gasteiger partial charge in [-0.05, 0) is 95.2 Å². The number of ether oxygens (including phenoxy) is 2. The standard InChI is InChI=1S/C38H62O7S.K/c1-3-5-7-9-11-13-15-17-19-21-23-25-27-31-44-37(39)35-30-29-34(46(41,42)43)33-36(35)38(40)45-32-28-26-24-22-20-18-16-14-12-10-8-6-4-2;/h17-20,29-30,33H,3-16,21-28,31-32H2,1-2H3,(H,41,42,43);/q;+1/p-1/b19-17+,20-18+;. The Hall–Kier alpha value is -0.814. The molecule has 0 fully saturated rings. The third-order valence-corrected chi connectivity index (χ3v) is 8.83. The minimum Gasteiger partial charge on any atom is -0.744 e. The molecule has 1 aromatic carbocycles. The smallest absolute Gasteiger partial charge is 0.744 e. The molecule has 47 heavy (non-hydrogen) atoms. The van der Waals surface area contributed by atoms with Crippen LogP contribution in [0.2, 0.25) is 0 Å². The van der Waals surface area contributed by atoms with E-state index < -0.39 is 27.0 Å². The monoisotopic (exact) mass is 700 g/mol. The summed E-state index contributed by atoms with van der Waals surface area (Å²) < 4.78 is 45.4. The first kappa shape index (κ1) is 46.2. The molecule has 9 heteroatoms. The zero-order valence-corrected chi connectivity index (χ0v) is 33.7. The molecule has 0 heterocycles. The fourth-order valence-corrected chi connectivity index (χ4v) is 5.65. The SMILES string of the molecule is CCCCCCCC/C=C/CCCCCOC(=O)c1ccc(S(=O)(=O)[O-])cc1C(=O)OCCCCC/C=C/CCCCCCCC.[K+]. The first-order chi connectivity index (χ1) is 22.3. The molecule has 1 aromatic rings. The van der Waals surface area contributed by atoms with Crippen LogP contribution >= 0.6 is 0 Å². The Morgan fingerprint density at radius 3 is 1.34 bits per heavy atom. The van der Waals surface area contributed by atoms with Crippen molar-refractivity contribution >= 4 is 22.1 Å². The van der Waals surface area contributed by atoms with Crippen LogP contribution in [0.25, 0.3) is 0 Å². The number of unbranched alkanes of at least 4 members (excludes halogenated alkanes) is 18. The molecule has 0 aliphatic heterocycles. The molecule has 0 aliphatic carbocycles. The Balaban J connectivity index is 0.0000212. The minimum atomic E-state index is -4.82. The number of allylic oxidation sites excluding steroid dienone is 4. The van der Waals surface area contributed by atoms with Crippen LogP contribution in [0, 0.1) is 0 Å². The van der Waals surface area contributed by atoms with Crippen LogP contribution in [0.4, 0.5) is 0 Å². The average molecular weight is 701 g/mol. The Kier molecular flexibility index (Phi) is 30.6. The van der Waals surface area contributed by atoms with Gasteiger partial charge in [0.05, 0.1) is 29.2 Å². The Morgan fingerprint density at radius 2 is 0.936 bits per heavy atom. The van der Waals surface area contributed by atoms with Gasteiger partial charge in [-0.3, -0.25) is 0 Å². The Morgan fingerprint density at radius 1 is 0.574 bits per heavy atom. The van der Waals surface area contributed by atoms with Gasteiger partial charge in [-0.2, -0.15) is 0 Å². The van der Waals surface area contributed by atoms with Crippen molar-refractivity contribution in [3.8, 4) is 0 Å². The first-order valence-electron chi connectivity index (χ1n) is 18.0. The molecular formula is C38H61KO7S. The van der Waals surface area contributed by atoms with Crippen LogP contribution in [-0.4, -0.2) is 38.1 Å². The summed E-state index contributed by atoms with van der Waals surface area (Å²) in [5.74, 6) is -1.59. The van der Waals surface area contributed by atoms with E-state index in [1.165, 1.54) is 77.0 Å². The molecule has 0 N–H and O–H groups in total. The van der Waals surface area contributed by atoms with Crippen LogP contribution in [0.15, 0.2) is 47.4 Å². The maximum Gasteiger partial charge on any atom is 1.00 e. The van der Waals surface area contributed by atoms with Crippen molar-refractivity contribution in [2.45, 2.75) is 160 Å². The maximum atomic E-state index is 12.8. The summed E-state index contributed by atoms with van der Waals surface area (Å²) in [5, 5.41) is 0. The molecule has 0 radical (unpaired) electrons. The van der Waals surface area contributed by atoms with Crippen LogP contribution in [0.1, 0.15) is 176 Å². The predicted molar refractivity (Wildman–Crippen MR) is 186 cm³/mol. The molecule has 0 atom stereocenters. The maximum absolute atomic E-state index is 12.8. The molecule has 0 aliphatic rings. The van der Waals surface area contributed by atoms with E-state index in [2.05, 4.69) is 38.2 Å². The van der Waals surface area contributed by atoms with Gasteiger partial charge in [-0.15, -0.1) is 0 Å². The normalized spacial score (nSPS) is 11.6. The van der Waals surface area contributed by atoms with Crippen LogP contribution in [0.5, 0.6) is 0 Å². The molecule has 0 spiro atoms. The average Bonchev–Trinajstić information content (AvgIpc) is 3.04. The molecule has 0 amide bonds. The second-order valence-corrected chi connectivity index (χ2v) is 13.6. The molecule has 262 valence electrons. The van der Waals surface area contributed by atoms with E-state index in [-0.39, 0.29) is 75.7 Å². The van der Waals surface area contributed by atoms with Crippen LogP contribution in [-0.2, 0) is 19.6 Å².